The number of piperidine rings is 1. The van der Waals surface area contributed by atoms with Crippen molar-refractivity contribution in [1.82, 2.24) is 9.80 Å². The third-order valence-electron chi connectivity index (χ3n) is 4.40. The molecule has 0 radical (unpaired) electrons. The van der Waals surface area contributed by atoms with Crippen LogP contribution in [0.3, 0.4) is 0 Å². The Kier molecular flexibility index (Phi) is 5.37. The summed E-state index contributed by atoms with van der Waals surface area (Å²) in [6.07, 6.45) is 0.539. The number of hydrogen-bond donors (Lipinski definition) is 1. The van der Waals surface area contributed by atoms with Crippen molar-refractivity contribution in [2.45, 2.75) is 32.9 Å². The van der Waals surface area contributed by atoms with Crippen LogP contribution in [0.5, 0.6) is 0 Å². The Balaban J connectivity index is 1.87. The Morgan fingerprint density at radius 2 is 2.14 bits per heavy atom. The van der Waals surface area contributed by atoms with Gasteiger partial charge in [0.1, 0.15) is 0 Å². The highest BCUT2D eigenvalue weighted by Crippen LogP contribution is 2.16. The molecule has 1 aromatic rings. The van der Waals surface area contributed by atoms with Crippen LogP contribution in [0.2, 0.25) is 0 Å². The van der Waals surface area contributed by atoms with Gasteiger partial charge in [0.15, 0.2) is 0 Å². The first-order chi connectivity index (χ1) is 9.97. The molecule has 116 valence electrons. The van der Waals surface area contributed by atoms with Gasteiger partial charge in [-0.2, -0.15) is 0 Å². The lowest BCUT2D eigenvalue weighted by Gasteiger charge is -2.34. The summed E-state index contributed by atoms with van der Waals surface area (Å²) in [6, 6.07) is 8.16. The summed E-state index contributed by atoms with van der Waals surface area (Å²) in [7, 11) is 1.86. The predicted octanol–water partition coefficient (Wildman–Crippen LogP) is 1.66. The zero-order chi connectivity index (χ0) is 15.4. The second kappa shape index (κ2) is 7.05. The molecule has 4 nitrogen and oxygen atoms in total. The van der Waals surface area contributed by atoms with E-state index in [-0.39, 0.29) is 17.9 Å². The zero-order valence-corrected chi connectivity index (χ0v) is 13.2. The minimum Gasteiger partial charge on any atom is -0.393 e. The number of aliphatic hydroxyl groups is 1. The van der Waals surface area contributed by atoms with Crippen molar-refractivity contribution in [3.63, 3.8) is 0 Å². The molecule has 0 aliphatic carbocycles. The van der Waals surface area contributed by atoms with Gasteiger partial charge in [-0.1, -0.05) is 31.2 Å². The van der Waals surface area contributed by atoms with Gasteiger partial charge < -0.3 is 10.0 Å². The molecule has 21 heavy (non-hydrogen) atoms. The van der Waals surface area contributed by atoms with Crippen LogP contribution in [0.4, 0.5) is 0 Å². The number of aliphatic hydroxyl groups excluding tert-OH is 1. The first kappa shape index (κ1) is 16.0. The molecule has 2 atom stereocenters. The predicted molar refractivity (Wildman–Crippen MR) is 83.9 cm³/mol. The van der Waals surface area contributed by atoms with E-state index < -0.39 is 0 Å². The van der Waals surface area contributed by atoms with Crippen molar-refractivity contribution in [2.24, 2.45) is 5.92 Å². The summed E-state index contributed by atoms with van der Waals surface area (Å²) in [5.41, 5.74) is 2.41. The number of likely N-dealkylation sites (tertiary alicyclic amines) is 1. The van der Waals surface area contributed by atoms with Crippen molar-refractivity contribution >= 4 is 5.91 Å². The number of likely N-dealkylation sites (N-methyl/N-ethyl adjacent to an activating group) is 1. The van der Waals surface area contributed by atoms with E-state index in [1.165, 1.54) is 11.1 Å². The van der Waals surface area contributed by atoms with Gasteiger partial charge in [0.2, 0.25) is 5.91 Å². The zero-order valence-electron chi connectivity index (χ0n) is 13.2. The fourth-order valence-corrected chi connectivity index (χ4v) is 2.81. The molecule has 1 N–H and O–H groups in total. The summed E-state index contributed by atoms with van der Waals surface area (Å²) >= 11 is 0. The van der Waals surface area contributed by atoms with Crippen molar-refractivity contribution in [1.29, 1.82) is 0 Å². The second-order valence-electron chi connectivity index (χ2n) is 6.24. The number of amides is 1. The molecular weight excluding hydrogens is 264 g/mol. The minimum atomic E-state index is -0.221. The van der Waals surface area contributed by atoms with E-state index in [0.717, 1.165) is 19.5 Å². The van der Waals surface area contributed by atoms with Gasteiger partial charge in [-0.3, -0.25) is 9.69 Å². The van der Waals surface area contributed by atoms with Crippen LogP contribution >= 0.6 is 0 Å². The van der Waals surface area contributed by atoms with Crippen LogP contribution < -0.4 is 0 Å². The molecule has 1 aromatic carbocycles. The molecule has 4 heteroatoms. The molecule has 0 bridgehead atoms. The highest BCUT2D eigenvalue weighted by molar-refractivity contribution is 5.78. The highest BCUT2D eigenvalue weighted by atomic mass is 16.3. The summed E-state index contributed by atoms with van der Waals surface area (Å²) < 4.78 is 0. The van der Waals surface area contributed by atoms with Gasteiger partial charge in [0.25, 0.3) is 0 Å². The first-order valence-corrected chi connectivity index (χ1v) is 7.66. The molecule has 1 aliphatic rings. The van der Waals surface area contributed by atoms with E-state index in [0.29, 0.717) is 13.1 Å². The largest absolute Gasteiger partial charge is 0.393 e. The number of benzene rings is 1. The molecular formula is C17H26N2O2. The molecule has 0 spiro atoms. The fourth-order valence-electron chi connectivity index (χ4n) is 2.81. The van der Waals surface area contributed by atoms with Gasteiger partial charge in [-0.25, -0.2) is 0 Å². The fraction of sp³-hybridized carbons (Fsp3) is 0.588. The smallest absolute Gasteiger partial charge is 0.236 e. The van der Waals surface area contributed by atoms with Crippen LogP contribution in [0.15, 0.2) is 24.3 Å². The topological polar surface area (TPSA) is 43.8 Å². The van der Waals surface area contributed by atoms with Crippen LogP contribution in [-0.4, -0.2) is 53.6 Å². The number of rotatable bonds is 4. The van der Waals surface area contributed by atoms with E-state index in [2.05, 4.69) is 24.0 Å². The third-order valence-corrected chi connectivity index (χ3v) is 4.40. The summed E-state index contributed by atoms with van der Waals surface area (Å²) in [4.78, 5) is 16.3. The Labute approximate surface area is 127 Å². The standard InChI is InChI=1S/C17H26N2O2/c1-13-6-4-5-7-15(13)11-18(3)17(21)12-19-9-8-16(20)14(2)10-19/h4-7,14,16,20H,8-12H2,1-3H3. The molecule has 1 amide bonds. The van der Waals surface area contributed by atoms with Gasteiger partial charge in [-0.15, -0.1) is 0 Å². The number of aryl methyl sites for hydroxylation is 1. The van der Waals surface area contributed by atoms with Gasteiger partial charge in [-0.05, 0) is 30.4 Å². The Morgan fingerprint density at radius 3 is 2.81 bits per heavy atom. The van der Waals surface area contributed by atoms with E-state index >= 15 is 0 Å². The molecule has 1 saturated heterocycles. The van der Waals surface area contributed by atoms with Crippen molar-refractivity contribution in [3.8, 4) is 0 Å². The molecule has 1 aliphatic heterocycles. The van der Waals surface area contributed by atoms with Crippen LogP contribution in [0.1, 0.15) is 24.5 Å². The van der Waals surface area contributed by atoms with E-state index in [1.807, 2.05) is 26.1 Å². The first-order valence-electron chi connectivity index (χ1n) is 7.66. The number of carbonyl (C=O) groups is 1. The maximum absolute atomic E-state index is 12.3. The Hall–Kier alpha value is -1.39. The average Bonchev–Trinajstić information content (AvgIpc) is 2.45. The normalized spacial score (nSPS) is 23.0. The monoisotopic (exact) mass is 290 g/mol. The molecule has 0 aromatic heterocycles. The highest BCUT2D eigenvalue weighted by Gasteiger charge is 2.26. The van der Waals surface area contributed by atoms with Crippen molar-refractivity contribution in [3.05, 3.63) is 35.4 Å². The van der Waals surface area contributed by atoms with Gasteiger partial charge in [0, 0.05) is 26.7 Å². The van der Waals surface area contributed by atoms with Crippen molar-refractivity contribution in [2.75, 3.05) is 26.7 Å². The van der Waals surface area contributed by atoms with Crippen LogP contribution in [-0.2, 0) is 11.3 Å². The van der Waals surface area contributed by atoms with Gasteiger partial charge >= 0.3 is 0 Å². The van der Waals surface area contributed by atoms with Crippen LogP contribution in [0.25, 0.3) is 0 Å². The van der Waals surface area contributed by atoms with E-state index in [1.54, 1.807) is 4.90 Å². The number of nitrogens with zero attached hydrogens (tertiary/aromatic N) is 2. The van der Waals surface area contributed by atoms with E-state index in [9.17, 15) is 9.90 Å². The average molecular weight is 290 g/mol. The third kappa shape index (κ3) is 4.29. The van der Waals surface area contributed by atoms with Crippen molar-refractivity contribution < 1.29 is 9.90 Å². The lowest BCUT2D eigenvalue weighted by atomic mass is 9.97. The van der Waals surface area contributed by atoms with Gasteiger partial charge in [0.05, 0.1) is 12.6 Å². The maximum atomic E-state index is 12.3. The molecule has 1 heterocycles. The molecule has 1 fully saturated rings. The summed E-state index contributed by atoms with van der Waals surface area (Å²) in [5.74, 6) is 0.384. The molecule has 2 rings (SSSR count). The molecule has 2 unspecified atom stereocenters. The lowest BCUT2D eigenvalue weighted by molar-refractivity contribution is -0.132. The lowest BCUT2D eigenvalue weighted by Crippen LogP contribution is -2.46. The summed E-state index contributed by atoms with van der Waals surface area (Å²) in [6.45, 7) is 6.80. The quantitative estimate of drug-likeness (QED) is 0.917. The number of carbonyl (C=O) groups excluding carboxylic acids is 1. The van der Waals surface area contributed by atoms with Crippen LogP contribution in [0, 0.1) is 12.8 Å². The number of hydrogen-bond acceptors (Lipinski definition) is 3. The Bertz CT molecular complexity index is 489. The van der Waals surface area contributed by atoms with E-state index in [4.69, 9.17) is 0 Å². The minimum absolute atomic E-state index is 0.141. The Morgan fingerprint density at radius 1 is 1.43 bits per heavy atom. The second-order valence-corrected chi connectivity index (χ2v) is 6.24. The maximum Gasteiger partial charge on any atom is 0.236 e. The summed E-state index contributed by atoms with van der Waals surface area (Å²) in [5, 5.41) is 9.74. The molecule has 0 saturated carbocycles. The SMILES string of the molecule is Cc1ccccc1CN(C)C(=O)CN1CCC(O)C(C)C1.